The zero-order valence-electron chi connectivity index (χ0n) is 23.3. The minimum Gasteiger partial charge on any atom is -0.494 e. The number of benzene rings is 3. The van der Waals surface area contributed by atoms with E-state index in [2.05, 4.69) is 43.2 Å². The fraction of sp³-hybridized carbons (Fsp3) is 0.226. The number of methoxy groups -OCH3 is 1. The topological polar surface area (TPSA) is 76.0 Å². The molecule has 4 rings (SSSR count). The van der Waals surface area contributed by atoms with Gasteiger partial charge in [-0.25, -0.2) is 4.79 Å². The zero-order valence-corrected chi connectivity index (χ0v) is 26.4. The van der Waals surface area contributed by atoms with E-state index in [9.17, 15) is 22.8 Å². The Kier molecular flexibility index (Phi) is 9.91. The molecule has 4 aromatic rings. The van der Waals surface area contributed by atoms with Crippen LogP contribution in [0.25, 0.3) is 10.9 Å². The summed E-state index contributed by atoms with van der Waals surface area (Å²) >= 11 is 6.83. The van der Waals surface area contributed by atoms with E-state index in [1.807, 2.05) is 6.07 Å². The van der Waals surface area contributed by atoms with Crippen molar-refractivity contribution in [2.75, 3.05) is 13.7 Å². The number of rotatable bonds is 10. The van der Waals surface area contributed by atoms with Crippen molar-refractivity contribution in [3.8, 4) is 17.2 Å². The third kappa shape index (κ3) is 7.42. The highest BCUT2D eigenvalue weighted by Gasteiger charge is 2.32. The van der Waals surface area contributed by atoms with Gasteiger partial charge >= 0.3 is 12.3 Å². The van der Waals surface area contributed by atoms with Gasteiger partial charge in [0.1, 0.15) is 23.9 Å². The van der Waals surface area contributed by atoms with Gasteiger partial charge in [-0.1, -0.05) is 24.8 Å². The molecule has 0 fully saturated rings. The minimum atomic E-state index is -4.89. The third-order valence-corrected chi connectivity index (χ3v) is 7.64. The van der Waals surface area contributed by atoms with E-state index in [-0.39, 0.29) is 13.0 Å². The van der Waals surface area contributed by atoms with Crippen LogP contribution in [0.15, 0.2) is 76.2 Å². The van der Waals surface area contributed by atoms with Crippen molar-refractivity contribution < 1.29 is 41.7 Å². The highest BCUT2D eigenvalue weighted by atomic mass is 79.9. The van der Waals surface area contributed by atoms with E-state index >= 15 is 0 Å². The number of fused-ring (bicyclic) bond motifs is 1. The number of hydrogen-bond donors (Lipinski definition) is 0. The summed E-state index contributed by atoms with van der Waals surface area (Å²) in [7, 11) is 1.50. The van der Waals surface area contributed by atoms with E-state index in [0.29, 0.717) is 48.2 Å². The van der Waals surface area contributed by atoms with Crippen LogP contribution in [-0.4, -0.2) is 42.6 Å². The number of aromatic nitrogens is 1. The van der Waals surface area contributed by atoms with Crippen LogP contribution in [0.1, 0.15) is 34.1 Å². The summed E-state index contributed by atoms with van der Waals surface area (Å²) in [4.78, 5) is 26.0. The van der Waals surface area contributed by atoms with Crippen molar-refractivity contribution in [1.29, 1.82) is 0 Å². The maximum Gasteiger partial charge on any atom is 0.573 e. The third-order valence-electron chi connectivity index (χ3n) is 6.46. The molecule has 43 heavy (non-hydrogen) atoms. The quantitative estimate of drug-likeness (QED) is 0.121. The average molecular weight is 725 g/mol. The summed E-state index contributed by atoms with van der Waals surface area (Å²) in [6, 6.07) is 14.0. The first-order valence-electron chi connectivity index (χ1n) is 12.8. The van der Waals surface area contributed by atoms with E-state index < -0.39 is 30.1 Å². The molecule has 3 aromatic carbocycles. The van der Waals surface area contributed by atoms with Gasteiger partial charge in [-0.3, -0.25) is 9.36 Å². The molecule has 226 valence electrons. The number of halogens is 5. The molecule has 0 aliphatic carbocycles. The van der Waals surface area contributed by atoms with Gasteiger partial charge in [0, 0.05) is 16.6 Å². The molecule has 1 aromatic heterocycles. The van der Waals surface area contributed by atoms with Gasteiger partial charge in [0.25, 0.3) is 5.91 Å². The van der Waals surface area contributed by atoms with Gasteiger partial charge in [-0.2, -0.15) is 0 Å². The maximum atomic E-state index is 13.9. The van der Waals surface area contributed by atoms with E-state index in [1.165, 1.54) is 36.0 Å². The van der Waals surface area contributed by atoms with Crippen LogP contribution < -0.4 is 14.2 Å². The van der Waals surface area contributed by atoms with Crippen LogP contribution in [0, 0.1) is 6.92 Å². The summed E-state index contributed by atoms with van der Waals surface area (Å²) in [6.45, 7) is 6.84. The second kappa shape index (κ2) is 13.3. The Bertz CT molecular complexity index is 1680. The molecule has 0 bridgehead atoms. The first kappa shape index (κ1) is 32.2. The molecule has 0 unspecified atom stereocenters. The van der Waals surface area contributed by atoms with Crippen LogP contribution in [0.3, 0.4) is 0 Å². The number of alkyl halides is 3. The molecule has 0 spiro atoms. The molecule has 0 aliphatic heterocycles. The molecule has 0 N–H and O–H groups in total. The molecule has 0 saturated heterocycles. The Labute approximate surface area is 262 Å². The lowest BCUT2D eigenvalue weighted by molar-refractivity contribution is -0.274. The van der Waals surface area contributed by atoms with Crippen molar-refractivity contribution >= 4 is 54.6 Å². The monoisotopic (exact) mass is 723 g/mol. The Hall–Kier alpha value is -3.77. The summed E-state index contributed by atoms with van der Waals surface area (Å²) < 4.78 is 62.1. The highest BCUT2D eigenvalue weighted by Crippen LogP contribution is 2.37. The Morgan fingerprint density at radius 3 is 2.37 bits per heavy atom. The van der Waals surface area contributed by atoms with Crippen molar-refractivity contribution in [2.45, 2.75) is 32.7 Å². The van der Waals surface area contributed by atoms with E-state index in [4.69, 9.17) is 14.2 Å². The van der Waals surface area contributed by atoms with Crippen LogP contribution in [0.4, 0.5) is 13.2 Å². The second-order valence-corrected chi connectivity index (χ2v) is 11.1. The highest BCUT2D eigenvalue weighted by molar-refractivity contribution is 9.11. The van der Waals surface area contributed by atoms with Gasteiger partial charge < -0.3 is 18.9 Å². The smallest absolute Gasteiger partial charge is 0.494 e. The summed E-state index contributed by atoms with van der Waals surface area (Å²) in [5.41, 5.74) is 2.59. The summed E-state index contributed by atoms with van der Waals surface area (Å²) in [6.07, 6.45) is -4.09. The molecule has 12 heteroatoms. The van der Waals surface area contributed by atoms with Crippen LogP contribution in [0.2, 0.25) is 0 Å². The predicted molar refractivity (Wildman–Crippen MR) is 162 cm³/mol. The SMILES string of the molecule is C=CCOC(=O)[C@H](C)Oc1cccc(Cc2c(C)n(C(=O)c3cc(Br)c(OC)c(Br)c3)c3ccc(OC(F)(F)F)cc23)c1. The summed E-state index contributed by atoms with van der Waals surface area (Å²) in [5.74, 6) is -0.467. The number of carbonyl (C=O) groups is 2. The Balaban J connectivity index is 1.77. The Morgan fingerprint density at radius 2 is 1.74 bits per heavy atom. The van der Waals surface area contributed by atoms with Gasteiger partial charge in [0.2, 0.25) is 0 Å². The normalized spacial score (nSPS) is 12.1. The van der Waals surface area contributed by atoms with Crippen LogP contribution in [0.5, 0.6) is 17.2 Å². The molecule has 0 amide bonds. The minimum absolute atomic E-state index is 0.0547. The molecule has 1 heterocycles. The van der Waals surface area contributed by atoms with Gasteiger partial charge in [-0.15, -0.1) is 13.2 Å². The van der Waals surface area contributed by atoms with Crippen molar-refractivity contribution in [1.82, 2.24) is 4.57 Å². The molecule has 1 atom stereocenters. The molecule has 0 saturated carbocycles. The van der Waals surface area contributed by atoms with E-state index in [1.54, 1.807) is 44.2 Å². The second-order valence-electron chi connectivity index (χ2n) is 9.41. The lowest BCUT2D eigenvalue weighted by Crippen LogP contribution is -2.26. The predicted octanol–water partition coefficient (Wildman–Crippen LogP) is 8.16. The van der Waals surface area contributed by atoms with Crippen LogP contribution >= 0.6 is 31.9 Å². The lowest BCUT2D eigenvalue weighted by Gasteiger charge is -2.14. The Morgan fingerprint density at radius 1 is 1.05 bits per heavy atom. The molecule has 7 nitrogen and oxygen atoms in total. The van der Waals surface area contributed by atoms with Gasteiger partial charge in [-0.05, 0) is 106 Å². The largest absolute Gasteiger partial charge is 0.573 e. The van der Waals surface area contributed by atoms with Gasteiger partial charge in [0.05, 0.1) is 21.6 Å². The number of nitrogens with zero attached hydrogens (tertiary/aromatic N) is 1. The van der Waals surface area contributed by atoms with Crippen LogP contribution in [-0.2, 0) is 16.0 Å². The first-order valence-corrected chi connectivity index (χ1v) is 14.4. The van der Waals surface area contributed by atoms with E-state index in [0.717, 1.165) is 5.56 Å². The molecule has 0 radical (unpaired) electrons. The number of ether oxygens (including phenoxy) is 4. The molecular formula is C31H26Br2F3NO6. The number of esters is 1. The number of hydrogen-bond acceptors (Lipinski definition) is 6. The first-order chi connectivity index (χ1) is 20.3. The molecular weight excluding hydrogens is 699 g/mol. The fourth-order valence-corrected chi connectivity index (χ4v) is 6.11. The lowest BCUT2D eigenvalue weighted by atomic mass is 10.0. The zero-order chi connectivity index (χ0) is 31.5. The molecule has 0 aliphatic rings. The maximum absolute atomic E-state index is 13.9. The van der Waals surface area contributed by atoms with Crippen molar-refractivity contribution in [3.63, 3.8) is 0 Å². The standard InChI is InChI=1S/C31H26Br2F3NO6/c1-5-11-41-30(39)18(3)42-21-8-6-7-19(12-21)13-23-17(2)37(27-10-9-22(16-24(23)27)43-31(34,35)36)29(38)20-14-25(32)28(40-4)26(33)15-20/h5-10,12,14-16,18H,1,11,13H2,2-4H3/t18-/m0/s1. The average Bonchev–Trinajstić information content (AvgIpc) is 3.20. The van der Waals surface area contributed by atoms with Crippen molar-refractivity contribution in [2.24, 2.45) is 0 Å². The van der Waals surface area contributed by atoms with Gasteiger partial charge in [0.15, 0.2) is 6.10 Å². The fourth-order valence-electron chi connectivity index (χ4n) is 4.60. The number of carbonyl (C=O) groups excluding carboxylic acids is 2. The summed E-state index contributed by atoms with van der Waals surface area (Å²) in [5, 5.41) is 0.409. The van der Waals surface area contributed by atoms with Crippen molar-refractivity contribution in [3.05, 3.63) is 98.6 Å².